The van der Waals surface area contributed by atoms with Gasteiger partial charge in [-0.3, -0.25) is 0 Å². The highest BCUT2D eigenvalue weighted by Crippen LogP contribution is 2.16. The van der Waals surface area contributed by atoms with Gasteiger partial charge in [0.25, 0.3) is 0 Å². The van der Waals surface area contributed by atoms with Gasteiger partial charge < -0.3 is 9.84 Å². The molecule has 0 spiro atoms. The van der Waals surface area contributed by atoms with Gasteiger partial charge in [0.05, 0.1) is 6.10 Å². The summed E-state index contributed by atoms with van der Waals surface area (Å²) in [6, 6.07) is 0. The molecular formula is C23H48O2S. The average molecular weight is 389 g/mol. The van der Waals surface area contributed by atoms with E-state index < -0.39 is 5.44 Å². The Bertz CT molecular complexity index is 259. The third-order valence-corrected chi connectivity index (χ3v) is 5.59. The van der Waals surface area contributed by atoms with Crippen LogP contribution in [0.1, 0.15) is 129 Å². The van der Waals surface area contributed by atoms with Crippen LogP contribution in [0.2, 0.25) is 0 Å². The summed E-state index contributed by atoms with van der Waals surface area (Å²) in [5.41, 5.74) is -0.641. The number of hydrogen-bond donors (Lipinski definition) is 2. The van der Waals surface area contributed by atoms with Crippen molar-refractivity contribution in [2.75, 3.05) is 6.61 Å². The van der Waals surface area contributed by atoms with E-state index in [4.69, 9.17) is 4.74 Å². The quantitative estimate of drug-likeness (QED) is 0.120. The van der Waals surface area contributed by atoms with E-state index in [-0.39, 0.29) is 6.10 Å². The van der Waals surface area contributed by atoms with Gasteiger partial charge in [0.2, 0.25) is 0 Å². The summed E-state index contributed by atoms with van der Waals surface area (Å²) < 4.78 is 5.88. The normalized spacial score (nSPS) is 13.8. The van der Waals surface area contributed by atoms with Crippen LogP contribution in [0, 0.1) is 0 Å². The highest BCUT2D eigenvalue weighted by Gasteiger charge is 2.15. The Labute approximate surface area is 170 Å². The zero-order chi connectivity index (χ0) is 19.3. The van der Waals surface area contributed by atoms with Crippen molar-refractivity contribution in [1.82, 2.24) is 0 Å². The van der Waals surface area contributed by atoms with Crippen LogP contribution < -0.4 is 0 Å². The number of aliphatic hydroxyl groups excluding tert-OH is 1. The molecule has 0 aromatic heterocycles. The molecule has 0 amide bonds. The number of hydrogen-bond acceptors (Lipinski definition) is 3. The summed E-state index contributed by atoms with van der Waals surface area (Å²) in [6.07, 6.45) is 23.4. The Balaban J connectivity index is 3.43. The van der Waals surface area contributed by atoms with Gasteiger partial charge in [-0.2, -0.15) is 0 Å². The molecule has 0 aliphatic carbocycles. The van der Waals surface area contributed by atoms with Crippen LogP contribution in [0.15, 0.2) is 0 Å². The summed E-state index contributed by atoms with van der Waals surface area (Å²) in [4.78, 5) is 0. The second-order valence-electron chi connectivity index (χ2n) is 7.91. The molecule has 0 aromatic carbocycles. The number of unbranched alkanes of at least 4 members (excludes halogenated alkanes) is 15. The predicted octanol–water partition coefficient (Wildman–Crippen LogP) is 7.68. The van der Waals surface area contributed by atoms with E-state index >= 15 is 0 Å². The third-order valence-electron chi connectivity index (χ3n) is 5.25. The minimum absolute atomic E-state index is 0.0902. The molecule has 158 valence electrons. The first-order valence-electron chi connectivity index (χ1n) is 11.7. The first-order valence-corrected chi connectivity index (χ1v) is 12.2. The van der Waals surface area contributed by atoms with Gasteiger partial charge in [0.1, 0.15) is 5.44 Å². The van der Waals surface area contributed by atoms with E-state index in [1.165, 1.54) is 96.3 Å². The summed E-state index contributed by atoms with van der Waals surface area (Å²) in [6.45, 7) is 5.29. The summed E-state index contributed by atoms with van der Waals surface area (Å²) in [5.74, 6) is 0. The van der Waals surface area contributed by atoms with Gasteiger partial charge >= 0.3 is 0 Å². The van der Waals surface area contributed by atoms with Crippen molar-refractivity contribution in [3.8, 4) is 0 Å². The molecule has 2 nitrogen and oxygen atoms in total. The molecule has 2 unspecified atom stereocenters. The van der Waals surface area contributed by atoms with E-state index in [0.717, 1.165) is 25.9 Å². The van der Waals surface area contributed by atoms with Crippen molar-refractivity contribution < 1.29 is 9.84 Å². The SMILES string of the molecule is CCCCCCCCCCCCCC(OCCCCCCCC)C(O)S. The first kappa shape index (κ1) is 26.3. The number of rotatable bonds is 21. The minimum Gasteiger partial charge on any atom is -0.380 e. The molecule has 0 heterocycles. The lowest BCUT2D eigenvalue weighted by Gasteiger charge is -2.20. The monoisotopic (exact) mass is 388 g/mol. The van der Waals surface area contributed by atoms with Crippen molar-refractivity contribution in [3.05, 3.63) is 0 Å². The van der Waals surface area contributed by atoms with Gasteiger partial charge in [-0.05, 0) is 12.8 Å². The van der Waals surface area contributed by atoms with Crippen LogP contribution >= 0.6 is 12.6 Å². The zero-order valence-corrected chi connectivity index (χ0v) is 18.8. The fraction of sp³-hybridized carbons (Fsp3) is 1.00. The molecule has 0 aliphatic heterocycles. The summed E-state index contributed by atoms with van der Waals surface area (Å²) in [5, 5.41) is 9.79. The van der Waals surface area contributed by atoms with Crippen LogP contribution in [-0.2, 0) is 4.74 Å². The van der Waals surface area contributed by atoms with E-state index in [1.807, 2.05) is 0 Å². The lowest BCUT2D eigenvalue weighted by Crippen LogP contribution is -2.25. The average Bonchev–Trinajstić information content (AvgIpc) is 2.63. The Hall–Kier alpha value is 0.270. The largest absolute Gasteiger partial charge is 0.380 e. The molecule has 0 radical (unpaired) electrons. The van der Waals surface area contributed by atoms with E-state index in [1.54, 1.807) is 0 Å². The lowest BCUT2D eigenvalue weighted by molar-refractivity contribution is -0.00796. The molecule has 26 heavy (non-hydrogen) atoms. The second kappa shape index (κ2) is 21.6. The maximum absolute atomic E-state index is 9.79. The van der Waals surface area contributed by atoms with Gasteiger partial charge in [0, 0.05) is 6.61 Å². The molecule has 0 saturated heterocycles. The molecule has 1 N–H and O–H groups in total. The number of aliphatic hydroxyl groups is 1. The summed E-state index contributed by atoms with van der Waals surface area (Å²) >= 11 is 4.20. The molecule has 0 bridgehead atoms. The molecule has 3 heteroatoms. The van der Waals surface area contributed by atoms with Gasteiger partial charge in [-0.15, -0.1) is 12.6 Å². The molecular weight excluding hydrogens is 340 g/mol. The fourth-order valence-electron chi connectivity index (χ4n) is 3.45. The predicted molar refractivity (Wildman–Crippen MR) is 119 cm³/mol. The van der Waals surface area contributed by atoms with Crippen molar-refractivity contribution >= 4 is 12.6 Å². The smallest absolute Gasteiger partial charge is 0.123 e. The van der Waals surface area contributed by atoms with E-state index in [2.05, 4.69) is 26.5 Å². The summed E-state index contributed by atoms with van der Waals surface area (Å²) in [7, 11) is 0. The van der Waals surface area contributed by atoms with Crippen LogP contribution in [-0.4, -0.2) is 23.3 Å². The van der Waals surface area contributed by atoms with Crippen LogP contribution in [0.4, 0.5) is 0 Å². The Morgan fingerprint density at radius 2 is 1.00 bits per heavy atom. The Morgan fingerprint density at radius 1 is 0.615 bits per heavy atom. The minimum atomic E-state index is -0.641. The Kier molecular flexibility index (Phi) is 21.8. The third kappa shape index (κ3) is 19.0. The van der Waals surface area contributed by atoms with Crippen molar-refractivity contribution in [2.24, 2.45) is 0 Å². The molecule has 0 saturated carbocycles. The number of ether oxygens (including phenoxy) is 1. The first-order chi connectivity index (χ1) is 12.7. The number of thiol groups is 1. The maximum atomic E-state index is 9.79. The van der Waals surface area contributed by atoms with Crippen molar-refractivity contribution in [3.63, 3.8) is 0 Å². The van der Waals surface area contributed by atoms with Crippen molar-refractivity contribution in [2.45, 2.75) is 141 Å². The zero-order valence-electron chi connectivity index (χ0n) is 17.9. The molecule has 2 atom stereocenters. The highest BCUT2D eigenvalue weighted by atomic mass is 32.1. The standard InChI is InChI=1S/C23H48O2S/c1-3-5-7-9-11-12-13-14-15-16-18-20-22(23(24)26)25-21-19-17-10-8-6-4-2/h22-24,26H,3-21H2,1-2H3. The fourth-order valence-corrected chi connectivity index (χ4v) is 3.68. The topological polar surface area (TPSA) is 29.5 Å². The maximum Gasteiger partial charge on any atom is 0.123 e. The Morgan fingerprint density at radius 3 is 1.42 bits per heavy atom. The van der Waals surface area contributed by atoms with Gasteiger partial charge in [0.15, 0.2) is 0 Å². The van der Waals surface area contributed by atoms with Crippen molar-refractivity contribution in [1.29, 1.82) is 0 Å². The second-order valence-corrected chi connectivity index (χ2v) is 8.44. The molecule has 0 rings (SSSR count). The van der Waals surface area contributed by atoms with Gasteiger partial charge in [-0.1, -0.05) is 117 Å². The molecule has 0 fully saturated rings. The van der Waals surface area contributed by atoms with E-state index in [9.17, 15) is 5.11 Å². The molecule has 0 aromatic rings. The van der Waals surface area contributed by atoms with E-state index in [0.29, 0.717) is 0 Å². The van der Waals surface area contributed by atoms with Gasteiger partial charge in [-0.25, -0.2) is 0 Å². The van der Waals surface area contributed by atoms with Crippen LogP contribution in [0.5, 0.6) is 0 Å². The van der Waals surface area contributed by atoms with Crippen LogP contribution in [0.25, 0.3) is 0 Å². The molecule has 0 aliphatic rings. The lowest BCUT2D eigenvalue weighted by atomic mass is 10.0. The highest BCUT2D eigenvalue weighted by molar-refractivity contribution is 7.80. The van der Waals surface area contributed by atoms with Crippen LogP contribution in [0.3, 0.4) is 0 Å².